The molecule has 0 saturated carbocycles. The van der Waals surface area contributed by atoms with Gasteiger partial charge in [0.05, 0.1) is 13.2 Å². The minimum atomic E-state index is -0.473. The van der Waals surface area contributed by atoms with Crippen molar-refractivity contribution < 1.29 is 9.53 Å². The zero-order valence-electron chi connectivity index (χ0n) is 17.4. The lowest BCUT2D eigenvalue weighted by atomic mass is 10.2. The number of benzene rings is 1. The lowest BCUT2D eigenvalue weighted by Crippen LogP contribution is -2.42. The highest BCUT2D eigenvalue weighted by Gasteiger charge is 2.24. The summed E-state index contributed by atoms with van der Waals surface area (Å²) in [6.07, 6.45) is 2.07. The van der Waals surface area contributed by atoms with Crippen molar-refractivity contribution in [1.29, 1.82) is 0 Å². The predicted octanol–water partition coefficient (Wildman–Crippen LogP) is 4.05. The number of halogens is 1. The van der Waals surface area contributed by atoms with Crippen molar-refractivity contribution in [3.05, 3.63) is 52.2 Å². The van der Waals surface area contributed by atoms with E-state index < -0.39 is 6.09 Å². The minimum absolute atomic E-state index is 0. The van der Waals surface area contributed by atoms with Crippen LogP contribution in [0.15, 0.2) is 46.8 Å². The molecule has 1 fully saturated rings. The van der Waals surface area contributed by atoms with Gasteiger partial charge in [-0.3, -0.25) is 15.2 Å². The van der Waals surface area contributed by atoms with Gasteiger partial charge in [0.2, 0.25) is 0 Å². The number of carbonyl (C=O) groups is 1. The third kappa shape index (κ3) is 7.13. The Kier molecular flexibility index (Phi) is 10.4. The van der Waals surface area contributed by atoms with Crippen molar-refractivity contribution in [2.45, 2.75) is 25.4 Å². The van der Waals surface area contributed by atoms with Crippen LogP contribution in [0.2, 0.25) is 0 Å². The van der Waals surface area contributed by atoms with Gasteiger partial charge < -0.3 is 15.4 Å². The molecule has 0 bridgehead atoms. The molecule has 0 radical (unpaired) electrons. The Balaban J connectivity index is 0.00000320. The van der Waals surface area contributed by atoms with Gasteiger partial charge in [0, 0.05) is 30.7 Å². The van der Waals surface area contributed by atoms with Crippen LogP contribution in [0.1, 0.15) is 29.3 Å². The van der Waals surface area contributed by atoms with Crippen LogP contribution in [0.25, 0.3) is 0 Å². The number of hydrogen-bond acceptors (Lipinski definition) is 5. The van der Waals surface area contributed by atoms with Crippen molar-refractivity contribution in [3.63, 3.8) is 0 Å². The van der Waals surface area contributed by atoms with E-state index in [2.05, 4.69) is 48.1 Å². The molecule has 2 aromatic rings. The van der Waals surface area contributed by atoms with Gasteiger partial charge in [-0.05, 0) is 55.1 Å². The fraction of sp³-hybridized carbons (Fsp3) is 0.429. The first kappa shape index (κ1) is 24.4. The zero-order valence-corrected chi connectivity index (χ0v) is 20.5. The molecule has 1 unspecified atom stereocenters. The second-order valence-corrected chi connectivity index (χ2v) is 7.87. The number of aliphatic imine (C=N–C) groups is 1. The van der Waals surface area contributed by atoms with E-state index >= 15 is 0 Å². The molecule has 30 heavy (non-hydrogen) atoms. The number of anilines is 1. The van der Waals surface area contributed by atoms with Gasteiger partial charge >= 0.3 is 6.09 Å². The van der Waals surface area contributed by atoms with Crippen LogP contribution in [0, 0.1) is 0 Å². The zero-order chi connectivity index (χ0) is 20.5. The predicted molar refractivity (Wildman–Crippen MR) is 134 cm³/mol. The smallest absolute Gasteiger partial charge is 0.411 e. The summed E-state index contributed by atoms with van der Waals surface area (Å²) in [6, 6.07) is 12.3. The molecule has 2 heterocycles. The van der Waals surface area contributed by atoms with Crippen LogP contribution in [-0.2, 0) is 11.3 Å². The van der Waals surface area contributed by atoms with E-state index in [0.717, 1.165) is 31.2 Å². The molecule has 0 aliphatic carbocycles. The van der Waals surface area contributed by atoms with E-state index in [-0.39, 0.29) is 24.0 Å². The number of likely N-dealkylation sites (tertiary alicyclic amines) is 1. The van der Waals surface area contributed by atoms with Crippen molar-refractivity contribution in [1.82, 2.24) is 15.5 Å². The molecule has 3 rings (SSSR count). The Morgan fingerprint density at radius 3 is 2.53 bits per heavy atom. The largest absolute Gasteiger partial charge is 0.453 e. The van der Waals surface area contributed by atoms with Crippen LogP contribution in [-0.4, -0.2) is 50.7 Å². The number of nitrogens with one attached hydrogen (secondary N) is 3. The fourth-order valence-electron chi connectivity index (χ4n) is 3.42. The van der Waals surface area contributed by atoms with Crippen LogP contribution >= 0.6 is 35.3 Å². The summed E-state index contributed by atoms with van der Waals surface area (Å²) >= 11 is 1.81. The maximum atomic E-state index is 11.3. The summed E-state index contributed by atoms with van der Waals surface area (Å²) in [5, 5.41) is 11.6. The van der Waals surface area contributed by atoms with Gasteiger partial charge in [0.15, 0.2) is 5.96 Å². The molecule has 1 saturated heterocycles. The molecule has 1 aliphatic heterocycles. The third-order valence-corrected chi connectivity index (χ3v) is 5.96. The Bertz CT molecular complexity index is 792. The first-order valence-corrected chi connectivity index (χ1v) is 10.7. The minimum Gasteiger partial charge on any atom is -0.453 e. The van der Waals surface area contributed by atoms with Gasteiger partial charge in [-0.15, -0.1) is 35.3 Å². The molecular formula is C21H30IN5O2S. The monoisotopic (exact) mass is 543 g/mol. The van der Waals surface area contributed by atoms with E-state index in [4.69, 9.17) is 0 Å². The quantitative estimate of drug-likeness (QED) is 0.279. The lowest BCUT2D eigenvalue weighted by Gasteiger charge is -2.27. The van der Waals surface area contributed by atoms with Crippen molar-refractivity contribution in [2.24, 2.45) is 4.99 Å². The Morgan fingerprint density at radius 1 is 1.20 bits per heavy atom. The molecule has 164 valence electrons. The molecule has 1 aromatic heterocycles. The maximum Gasteiger partial charge on any atom is 0.411 e. The van der Waals surface area contributed by atoms with Crippen molar-refractivity contribution >= 4 is 53.1 Å². The van der Waals surface area contributed by atoms with Gasteiger partial charge in [-0.1, -0.05) is 18.2 Å². The molecule has 1 amide bonds. The highest BCUT2D eigenvalue weighted by molar-refractivity contribution is 14.0. The van der Waals surface area contributed by atoms with E-state index in [1.54, 1.807) is 7.05 Å². The second-order valence-electron chi connectivity index (χ2n) is 6.89. The number of nitrogens with zero attached hydrogens (tertiary/aromatic N) is 2. The molecule has 3 N–H and O–H groups in total. The first-order valence-electron chi connectivity index (χ1n) is 9.85. The summed E-state index contributed by atoms with van der Waals surface area (Å²) in [7, 11) is 3.13. The number of methoxy groups -OCH3 is 1. The molecule has 0 spiro atoms. The molecule has 9 heteroatoms. The van der Waals surface area contributed by atoms with Crippen LogP contribution in [0.4, 0.5) is 10.5 Å². The number of thiophene rings is 1. The van der Waals surface area contributed by atoms with Crippen LogP contribution in [0.5, 0.6) is 0 Å². The highest BCUT2D eigenvalue weighted by Crippen LogP contribution is 2.27. The normalized spacial score (nSPS) is 15.2. The van der Waals surface area contributed by atoms with E-state index in [1.807, 2.05) is 35.6 Å². The van der Waals surface area contributed by atoms with Crippen LogP contribution in [0.3, 0.4) is 0 Å². The van der Waals surface area contributed by atoms with Crippen molar-refractivity contribution in [3.8, 4) is 0 Å². The lowest BCUT2D eigenvalue weighted by molar-refractivity contribution is 0.187. The van der Waals surface area contributed by atoms with Gasteiger partial charge in [0.1, 0.15) is 0 Å². The van der Waals surface area contributed by atoms with E-state index in [9.17, 15) is 4.79 Å². The third-order valence-electron chi connectivity index (χ3n) is 4.99. The fourth-order valence-corrected chi connectivity index (χ4v) is 4.28. The number of guanidine groups is 1. The van der Waals surface area contributed by atoms with Crippen molar-refractivity contribution in [2.75, 3.05) is 39.1 Å². The SMILES string of the molecule is CN=C(NCc1ccc(NC(=O)OC)cc1)NCC(c1cccs1)N1CCCC1.I. The van der Waals surface area contributed by atoms with E-state index in [0.29, 0.717) is 18.3 Å². The van der Waals surface area contributed by atoms with Gasteiger partial charge in [-0.2, -0.15) is 0 Å². The van der Waals surface area contributed by atoms with E-state index in [1.165, 1.54) is 24.8 Å². The summed E-state index contributed by atoms with van der Waals surface area (Å²) in [5.74, 6) is 0.780. The molecule has 7 nitrogen and oxygen atoms in total. The molecular weight excluding hydrogens is 513 g/mol. The number of amides is 1. The second kappa shape index (κ2) is 12.8. The Hall–Kier alpha value is -1.85. The first-order chi connectivity index (χ1) is 14.2. The topological polar surface area (TPSA) is 78.0 Å². The summed E-state index contributed by atoms with van der Waals surface area (Å²) in [6.45, 7) is 3.78. The maximum absolute atomic E-state index is 11.3. The number of rotatable bonds is 7. The molecule has 1 atom stereocenters. The summed E-state index contributed by atoms with van der Waals surface area (Å²) in [5.41, 5.74) is 1.80. The number of carbonyl (C=O) groups excluding carboxylic acids is 1. The average Bonchev–Trinajstić information content (AvgIpc) is 3.46. The number of ether oxygens (including phenoxy) is 1. The highest BCUT2D eigenvalue weighted by atomic mass is 127. The molecule has 1 aromatic carbocycles. The van der Waals surface area contributed by atoms with Gasteiger partial charge in [-0.25, -0.2) is 4.79 Å². The standard InChI is InChI=1S/C21H29N5O2S.HI/c1-22-20(23-14-16-7-9-17(10-8-16)25-21(27)28-2)24-15-18(19-6-5-13-29-19)26-11-3-4-12-26;/h5-10,13,18H,3-4,11-12,14-15H2,1-2H3,(H,25,27)(H2,22,23,24);1H. The van der Waals surface area contributed by atoms with Gasteiger partial charge in [0.25, 0.3) is 0 Å². The Labute approximate surface area is 199 Å². The average molecular weight is 543 g/mol. The summed E-state index contributed by atoms with van der Waals surface area (Å²) < 4.78 is 4.60. The molecule has 1 aliphatic rings. The Morgan fingerprint density at radius 2 is 1.93 bits per heavy atom. The van der Waals surface area contributed by atoms with Crippen LogP contribution < -0.4 is 16.0 Å². The summed E-state index contributed by atoms with van der Waals surface area (Å²) in [4.78, 5) is 19.6. The number of hydrogen-bond donors (Lipinski definition) is 3.